The molecular formula is C19H18N4O. The second-order valence-electron chi connectivity index (χ2n) is 6.15. The molecular weight excluding hydrogens is 300 g/mol. The van der Waals surface area contributed by atoms with E-state index < -0.39 is 6.03 Å². The molecule has 0 fully saturated rings. The van der Waals surface area contributed by atoms with Crippen LogP contribution in [0.1, 0.15) is 22.3 Å². The number of amides is 2. The summed E-state index contributed by atoms with van der Waals surface area (Å²) < 4.78 is 0. The van der Waals surface area contributed by atoms with Crippen LogP contribution in [-0.4, -0.2) is 17.5 Å². The largest absolute Gasteiger partial charge is 0.355 e. The maximum Gasteiger partial charge on any atom is 0.355 e. The Morgan fingerprint density at radius 2 is 1.00 bits per heavy atom. The topological polar surface area (TPSA) is 65.8 Å². The molecule has 0 atom stereocenters. The van der Waals surface area contributed by atoms with Gasteiger partial charge in [0.2, 0.25) is 0 Å². The number of nitrogens with zero attached hydrogens (tertiary/aromatic N) is 2. The molecule has 0 saturated heterocycles. The molecule has 0 saturated carbocycles. The van der Waals surface area contributed by atoms with Crippen LogP contribution in [0.4, 0.5) is 4.79 Å². The van der Waals surface area contributed by atoms with Crippen molar-refractivity contribution in [3.8, 4) is 0 Å². The fourth-order valence-electron chi connectivity index (χ4n) is 3.25. The highest BCUT2D eigenvalue weighted by atomic mass is 16.2. The first-order chi connectivity index (χ1) is 11.8. The minimum Gasteiger partial charge on any atom is -0.245 e. The molecule has 0 aliphatic heterocycles. The van der Waals surface area contributed by atoms with Gasteiger partial charge < -0.3 is 0 Å². The van der Waals surface area contributed by atoms with Crippen molar-refractivity contribution in [3.05, 3.63) is 70.8 Å². The molecule has 0 aromatic heterocycles. The number of benzene rings is 2. The van der Waals surface area contributed by atoms with Gasteiger partial charge in [-0.3, -0.25) is 0 Å². The van der Waals surface area contributed by atoms with Crippen LogP contribution in [0.5, 0.6) is 0 Å². The third-order valence-corrected chi connectivity index (χ3v) is 4.45. The SMILES string of the molecule is O=C(NN=C1Cc2ccccc2C1)NN=C1Cc2ccccc2C1. The summed E-state index contributed by atoms with van der Waals surface area (Å²) >= 11 is 0. The van der Waals surface area contributed by atoms with E-state index in [1.54, 1.807) is 0 Å². The van der Waals surface area contributed by atoms with Crippen LogP contribution >= 0.6 is 0 Å². The Balaban J connectivity index is 1.31. The van der Waals surface area contributed by atoms with Gasteiger partial charge in [0.15, 0.2) is 0 Å². The molecule has 0 bridgehead atoms. The molecule has 24 heavy (non-hydrogen) atoms. The van der Waals surface area contributed by atoms with Gasteiger partial charge in [0.25, 0.3) is 0 Å². The van der Waals surface area contributed by atoms with Crippen LogP contribution in [-0.2, 0) is 25.7 Å². The minimum atomic E-state index is -0.401. The van der Waals surface area contributed by atoms with E-state index in [0.29, 0.717) is 0 Å². The Labute approximate surface area is 140 Å². The van der Waals surface area contributed by atoms with Crippen LogP contribution < -0.4 is 10.9 Å². The van der Waals surface area contributed by atoms with Crippen molar-refractivity contribution in [2.24, 2.45) is 10.2 Å². The highest BCUT2D eigenvalue weighted by molar-refractivity contribution is 5.94. The molecule has 0 spiro atoms. The predicted octanol–water partition coefficient (Wildman–Crippen LogP) is 2.60. The number of carbonyl (C=O) groups is 1. The number of hydrogen-bond acceptors (Lipinski definition) is 3. The van der Waals surface area contributed by atoms with Crippen LogP contribution in [0.15, 0.2) is 58.7 Å². The van der Waals surface area contributed by atoms with Gasteiger partial charge in [0, 0.05) is 37.1 Å². The first kappa shape index (κ1) is 14.6. The van der Waals surface area contributed by atoms with Crippen molar-refractivity contribution in [2.75, 3.05) is 0 Å². The van der Waals surface area contributed by atoms with Gasteiger partial charge in [-0.25, -0.2) is 15.6 Å². The highest BCUT2D eigenvalue weighted by Gasteiger charge is 2.17. The van der Waals surface area contributed by atoms with Crippen LogP contribution in [0.2, 0.25) is 0 Å². The van der Waals surface area contributed by atoms with Gasteiger partial charge in [-0.05, 0) is 22.3 Å². The smallest absolute Gasteiger partial charge is 0.245 e. The molecule has 0 unspecified atom stereocenters. The van der Waals surface area contributed by atoms with E-state index in [1.165, 1.54) is 22.3 Å². The van der Waals surface area contributed by atoms with Crippen molar-refractivity contribution in [1.29, 1.82) is 0 Å². The molecule has 4 rings (SSSR count). The Morgan fingerprint density at radius 1 is 0.667 bits per heavy atom. The molecule has 2 aromatic rings. The Bertz CT molecular complexity index is 730. The van der Waals surface area contributed by atoms with Crippen LogP contribution in [0, 0.1) is 0 Å². The van der Waals surface area contributed by atoms with Crippen LogP contribution in [0.3, 0.4) is 0 Å². The summed E-state index contributed by atoms with van der Waals surface area (Å²) in [6.45, 7) is 0. The third-order valence-electron chi connectivity index (χ3n) is 4.45. The first-order valence-electron chi connectivity index (χ1n) is 8.08. The van der Waals surface area contributed by atoms with E-state index in [9.17, 15) is 4.79 Å². The zero-order valence-corrected chi connectivity index (χ0v) is 13.2. The van der Waals surface area contributed by atoms with Crippen molar-refractivity contribution in [3.63, 3.8) is 0 Å². The minimum absolute atomic E-state index is 0.401. The lowest BCUT2D eigenvalue weighted by molar-refractivity contribution is 0.241. The van der Waals surface area contributed by atoms with E-state index in [4.69, 9.17) is 0 Å². The lowest BCUT2D eigenvalue weighted by atomic mass is 10.1. The Kier molecular flexibility index (Phi) is 3.83. The standard InChI is InChI=1S/C19H18N4O/c24-19(22-20-17-9-13-5-1-2-6-14(13)10-17)23-21-18-11-15-7-3-4-8-16(15)12-18/h1-8H,9-12H2,(H2,22,23,24). The fourth-order valence-corrected chi connectivity index (χ4v) is 3.25. The van der Waals surface area contributed by atoms with Gasteiger partial charge in [-0.2, -0.15) is 10.2 Å². The van der Waals surface area contributed by atoms with Gasteiger partial charge in [0.05, 0.1) is 0 Å². The van der Waals surface area contributed by atoms with E-state index in [0.717, 1.165) is 37.1 Å². The van der Waals surface area contributed by atoms with Gasteiger partial charge >= 0.3 is 6.03 Å². The molecule has 0 heterocycles. The third kappa shape index (κ3) is 3.06. The molecule has 5 heteroatoms. The van der Waals surface area contributed by atoms with Crippen LogP contribution in [0.25, 0.3) is 0 Å². The van der Waals surface area contributed by atoms with E-state index in [2.05, 4.69) is 45.3 Å². The zero-order chi connectivity index (χ0) is 16.4. The van der Waals surface area contributed by atoms with Gasteiger partial charge in [0.1, 0.15) is 0 Å². The summed E-state index contributed by atoms with van der Waals surface area (Å²) in [6, 6.07) is 16.1. The van der Waals surface area contributed by atoms with Gasteiger partial charge in [-0.1, -0.05) is 48.5 Å². The number of rotatable bonds is 2. The summed E-state index contributed by atoms with van der Waals surface area (Å²) in [7, 11) is 0. The van der Waals surface area contributed by atoms with Crippen molar-refractivity contribution in [1.82, 2.24) is 10.9 Å². The number of fused-ring (bicyclic) bond motifs is 2. The van der Waals surface area contributed by atoms with Crippen molar-refractivity contribution in [2.45, 2.75) is 25.7 Å². The second-order valence-corrected chi connectivity index (χ2v) is 6.15. The highest BCUT2D eigenvalue weighted by Crippen LogP contribution is 2.20. The van der Waals surface area contributed by atoms with E-state index in [1.807, 2.05) is 24.3 Å². The Hall–Kier alpha value is -2.95. The molecule has 2 aliphatic rings. The first-order valence-corrected chi connectivity index (χ1v) is 8.08. The maximum atomic E-state index is 11.9. The van der Waals surface area contributed by atoms with Crippen molar-refractivity contribution >= 4 is 17.5 Å². The maximum absolute atomic E-state index is 11.9. The molecule has 2 amide bonds. The average molecular weight is 318 g/mol. The summed E-state index contributed by atoms with van der Waals surface area (Å²) in [5.74, 6) is 0. The normalized spacial score (nSPS) is 14.8. The Morgan fingerprint density at radius 3 is 1.33 bits per heavy atom. The van der Waals surface area contributed by atoms with E-state index >= 15 is 0 Å². The number of hydrazone groups is 2. The summed E-state index contributed by atoms with van der Waals surface area (Å²) in [5.41, 5.74) is 12.1. The number of nitrogens with one attached hydrogen (secondary N) is 2. The summed E-state index contributed by atoms with van der Waals surface area (Å²) in [5, 5.41) is 8.42. The molecule has 5 nitrogen and oxygen atoms in total. The van der Waals surface area contributed by atoms with E-state index in [-0.39, 0.29) is 0 Å². The molecule has 120 valence electrons. The summed E-state index contributed by atoms with van der Waals surface area (Å²) in [6.07, 6.45) is 3.17. The monoisotopic (exact) mass is 318 g/mol. The number of urea groups is 1. The number of carbonyl (C=O) groups excluding carboxylic acids is 1. The zero-order valence-electron chi connectivity index (χ0n) is 13.2. The number of hydrogen-bond donors (Lipinski definition) is 2. The molecule has 2 aromatic carbocycles. The fraction of sp³-hybridized carbons (Fsp3) is 0.211. The summed E-state index contributed by atoms with van der Waals surface area (Å²) in [4.78, 5) is 11.9. The average Bonchev–Trinajstić information content (AvgIpc) is 3.21. The lowest BCUT2D eigenvalue weighted by Crippen LogP contribution is -2.30. The second kappa shape index (κ2) is 6.28. The molecule has 2 N–H and O–H groups in total. The van der Waals surface area contributed by atoms with Gasteiger partial charge in [-0.15, -0.1) is 0 Å². The molecule has 0 radical (unpaired) electrons. The lowest BCUT2D eigenvalue weighted by Gasteiger charge is -2.01. The quantitative estimate of drug-likeness (QED) is 0.821. The predicted molar refractivity (Wildman–Crippen MR) is 94.2 cm³/mol. The molecule has 2 aliphatic carbocycles. The van der Waals surface area contributed by atoms with Crippen molar-refractivity contribution < 1.29 is 4.79 Å².